The molecule has 0 saturated heterocycles. The van der Waals surface area contributed by atoms with E-state index in [1.807, 2.05) is 0 Å². The summed E-state index contributed by atoms with van der Waals surface area (Å²) in [7, 11) is 3.10. The van der Waals surface area contributed by atoms with Crippen molar-refractivity contribution in [3.63, 3.8) is 0 Å². The fraction of sp³-hybridized carbons (Fsp3) is 0.333. The lowest BCUT2D eigenvalue weighted by atomic mass is 10.1. The fourth-order valence-electron chi connectivity index (χ4n) is 1.50. The summed E-state index contributed by atoms with van der Waals surface area (Å²) >= 11 is 0. The van der Waals surface area contributed by atoms with E-state index in [1.54, 1.807) is 14.1 Å². The molecule has 3 N–H and O–H groups in total. The van der Waals surface area contributed by atoms with Gasteiger partial charge in [-0.25, -0.2) is 0 Å². The highest BCUT2D eigenvalue weighted by Crippen LogP contribution is 2.26. The number of carbonyl (C=O) groups excluding carboxylic acids is 2. The second kappa shape index (κ2) is 6.00. The maximum Gasteiger partial charge on any atom is 0.293 e. The zero-order chi connectivity index (χ0) is 15.4. The van der Waals surface area contributed by atoms with Crippen LogP contribution in [0.4, 0.5) is 11.4 Å². The molecule has 0 fully saturated rings. The summed E-state index contributed by atoms with van der Waals surface area (Å²) < 4.78 is 0. The number of hydrogen-bond donors (Lipinski definition) is 2. The molecule has 0 aliphatic carbocycles. The van der Waals surface area contributed by atoms with Gasteiger partial charge in [-0.3, -0.25) is 19.7 Å². The summed E-state index contributed by atoms with van der Waals surface area (Å²) in [5, 5.41) is 13.7. The lowest BCUT2D eigenvalue weighted by Crippen LogP contribution is -2.32. The monoisotopic (exact) mass is 280 g/mol. The predicted molar refractivity (Wildman–Crippen MR) is 73.4 cm³/mol. The standard InChI is InChI=1S/C12H16N4O4/c1-7(11(13)17)14-9-5-4-8(12(18)15(2)3)6-10(9)16(19)20/h4-7,14H,1-3H3,(H2,13,17). The molecule has 0 aliphatic heterocycles. The molecule has 1 rings (SSSR count). The van der Waals surface area contributed by atoms with Crippen molar-refractivity contribution in [2.24, 2.45) is 5.73 Å². The maximum absolute atomic E-state index is 11.8. The first-order valence-electron chi connectivity index (χ1n) is 5.80. The van der Waals surface area contributed by atoms with Crippen LogP contribution in [0.5, 0.6) is 0 Å². The van der Waals surface area contributed by atoms with Gasteiger partial charge in [0.05, 0.1) is 4.92 Å². The van der Waals surface area contributed by atoms with Crippen LogP contribution in [-0.2, 0) is 4.79 Å². The number of primary amides is 1. The highest BCUT2D eigenvalue weighted by molar-refractivity contribution is 5.95. The van der Waals surface area contributed by atoms with Crippen molar-refractivity contribution in [3.8, 4) is 0 Å². The first-order chi connectivity index (χ1) is 9.23. The number of benzene rings is 1. The second-order valence-corrected chi connectivity index (χ2v) is 4.46. The first-order valence-corrected chi connectivity index (χ1v) is 5.80. The van der Waals surface area contributed by atoms with Gasteiger partial charge in [0.2, 0.25) is 5.91 Å². The Morgan fingerprint density at radius 2 is 2.00 bits per heavy atom. The molecule has 20 heavy (non-hydrogen) atoms. The van der Waals surface area contributed by atoms with E-state index in [0.29, 0.717) is 0 Å². The van der Waals surface area contributed by atoms with Gasteiger partial charge < -0.3 is 16.0 Å². The molecule has 8 nitrogen and oxygen atoms in total. The first kappa shape index (κ1) is 15.4. The van der Waals surface area contributed by atoms with Crippen molar-refractivity contribution >= 4 is 23.2 Å². The van der Waals surface area contributed by atoms with E-state index in [4.69, 9.17) is 5.73 Å². The summed E-state index contributed by atoms with van der Waals surface area (Å²) in [6.07, 6.45) is 0. The number of carbonyl (C=O) groups is 2. The van der Waals surface area contributed by atoms with Gasteiger partial charge in [-0.1, -0.05) is 0 Å². The molecular formula is C12H16N4O4. The lowest BCUT2D eigenvalue weighted by Gasteiger charge is -2.14. The van der Waals surface area contributed by atoms with Crippen molar-refractivity contribution in [2.75, 3.05) is 19.4 Å². The quantitative estimate of drug-likeness (QED) is 0.604. The fourth-order valence-corrected chi connectivity index (χ4v) is 1.50. The van der Waals surface area contributed by atoms with Gasteiger partial charge in [-0.05, 0) is 19.1 Å². The molecule has 0 spiro atoms. The highest BCUT2D eigenvalue weighted by Gasteiger charge is 2.20. The van der Waals surface area contributed by atoms with Crippen LogP contribution in [0.25, 0.3) is 0 Å². The van der Waals surface area contributed by atoms with Gasteiger partial charge in [-0.2, -0.15) is 0 Å². The van der Waals surface area contributed by atoms with Crippen LogP contribution in [0.1, 0.15) is 17.3 Å². The molecule has 1 aromatic rings. The molecule has 108 valence electrons. The van der Waals surface area contributed by atoms with E-state index in [-0.39, 0.29) is 22.8 Å². The number of anilines is 1. The number of rotatable bonds is 5. The minimum atomic E-state index is -0.760. The van der Waals surface area contributed by atoms with E-state index in [1.165, 1.54) is 30.0 Å². The van der Waals surface area contributed by atoms with Gasteiger partial charge in [0.15, 0.2) is 0 Å². The summed E-state index contributed by atoms with van der Waals surface area (Å²) in [6, 6.07) is 3.24. The van der Waals surface area contributed by atoms with E-state index >= 15 is 0 Å². The summed E-state index contributed by atoms with van der Waals surface area (Å²) in [6.45, 7) is 1.49. The Hall–Kier alpha value is -2.64. The van der Waals surface area contributed by atoms with E-state index < -0.39 is 16.9 Å². The zero-order valence-electron chi connectivity index (χ0n) is 11.4. The van der Waals surface area contributed by atoms with Crippen LogP contribution >= 0.6 is 0 Å². The third-order valence-corrected chi connectivity index (χ3v) is 2.65. The predicted octanol–water partition coefficient (Wildman–Crippen LogP) is 0.582. The van der Waals surface area contributed by atoms with Crippen molar-refractivity contribution in [2.45, 2.75) is 13.0 Å². The average Bonchev–Trinajstić information content (AvgIpc) is 2.37. The van der Waals surface area contributed by atoms with Crippen molar-refractivity contribution in [3.05, 3.63) is 33.9 Å². The molecule has 0 saturated carbocycles. The van der Waals surface area contributed by atoms with Gasteiger partial charge in [0.1, 0.15) is 11.7 Å². The van der Waals surface area contributed by atoms with Crippen LogP contribution in [0.15, 0.2) is 18.2 Å². The molecule has 2 amide bonds. The Kier molecular flexibility index (Phi) is 4.63. The van der Waals surface area contributed by atoms with Crippen LogP contribution in [0.2, 0.25) is 0 Å². The smallest absolute Gasteiger partial charge is 0.293 e. The van der Waals surface area contributed by atoms with E-state index in [9.17, 15) is 19.7 Å². The number of hydrogen-bond acceptors (Lipinski definition) is 5. The number of nitrogens with two attached hydrogens (primary N) is 1. The van der Waals surface area contributed by atoms with Gasteiger partial charge in [0.25, 0.3) is 11.6 Å². The molecule has 0 aliphatic rings. The molecule has 0 bridgehead atoms. The number of amides is 2. The van der Waals surface area contributed by atoms with E-state index in [2.05, 4.69) is 5.32 Å². The van der Waals surface area contributed by atoms with Gasteiger partial charge in [-0.15, -0.1) is 0 Å². The summed E-state index contributed by atoms with van der Waals surface area (Å²) in [5.74, 6) is -0.977. The SMILES string of the molecule is CC(Nc1ccc(C(=O)N(C)C)cc1[N+](=O)[O-])C(N)=O. The minimum Gasteiger partial charge on any atom is -0.368 e. The van der Waals surface area contributed by atoms with E-state index in [0.717, 1.165) is 0 Å². The third-order valence-electron chi connectivity index (χ3n) is 2.65. The van der Waals surface area contributed by atoms with Crippen molar-refractivity contribution < 1.29 is 14.5 Å². The summed E-state index contributed by atoms with van der Waals surface area (Å²) in [5.41, 5.74) is 5.14. The maximum atomic E-state index is 11.8. The number of nitrogens with zero attached hydrogens (tertiary/aromatic N) is 2. The normalized spacial score (nSPS) is 11.6. The van der Waals surface area contributed by atoms with Gasteiger partial charge >= 0.3 is 0 Å². The van der Waals surface area contributed by atoms with Crippen LogP contribution in [0, 0.1) is 10.1 Å². The van der Waals surface area contributed by atoms with Crippen LogP contribution in [0.3, 0.4) is 0 Å². The van der Waals surface area contributed by atoms with Crippen LogP contribution < -0.4 is 11.1 Å². The molecule has 0 radical (unpaired) electrons. The Bertz CT molecular complexity index is 556. The molecule has 1 unspecified atom stereocenters. The number of nitro groups is 1. The third kappa shape index (κ3) is 3.44. The minimum absolute atomic E-state index is 0.136. The Balaban J connectivity index is 3.18. The lowest BCUT2D eigenvalue weighted by molar-refractivity contribution is -0.384. The average molecular weight is 280 g/mol. The summed E-state index contributed by atoms with van der Waals surface area (Å²) in [4.78, 5) is 34.5. The molecule has 8 heteroatoms. The molecule has 1 aromatic carbocycles. The number of nitro benzene ring substituents is 1. The molecule has 0 heterocycles. The topological polar surface area (TPSA) is 119 Å². The van der Waals surface area contributed by atoms with Gasteiger partial charge in [0, 0.05) is 25.7 Å². The molecule has 1 atom stereocenters. The Morgan fingerprint density at radius 3 is 2.45 bits per heavy atom. The molecule has 0 aromatic heterocycles. The zero-order valence-corrected chi connectivity index (χ0v) is 11.4. The van der Waals surface area contributed by atoms with Crippen molar-refractivity contribution in [1.82, 2.24) is 4.90 Å². The van der Waals surface area contributed by atoms with Crippen LogP contribution in [-0.4, -0.2) is 41.8 Å². The molecular weight excluding hydrogens is 264 g/mol. The Morgan fingerprint density at radius 1 is 1.40 bits per heavy atom. The van der Waals surface area contributed by atoms with Crippen molar-refractivity contribution in [1.29, 1.82) is 0 Å². The number of nitrogens with one attached hydrogen (secondary N) is 1. The Labute approximate surface area is 115 Å². The largest absolute Gasteiger partial charge is 0.368 e. The highest BCUT2D eigenvalue weighted by atomic mass is 16.6. The second-order valence-electron chi connectivity index (χ2n) is 4.46.